The highest BCUT2D eigenvalue weighted by atomic mass is 35.5. The van der Waals surface area contributed by atoms with Crippen molar-refractivity contribution in [3.8, 4) is 5.88 Å². The van der Waals surface area contributed by atoms with Crippen LogP contribution in [0.2, 0.25) is 15.7 Å². The molecular weight excluding hydrogens is 311 g/mol. The maximum Gasteiger partial charge on any atom is 0.225 e. The van der Waals surface area contributed by atoms with Gasteiger partial charge in [0.05, 0.1) is 6.10 Å². The minimum atomic E-state index is 0.112. The lowest BCUT2D eigenvalue weighted by Crippen LogP contribution is -2.06. The monoisotopic (exact) mass is 320 g/mol. The quantitative estimate of drug-likeness (QED) is 0.623. The van der Waals surface area contributed by atoms with E-state index in [1.54, 1.807) is 18.3 Å². The molecule has 5 nitrogen and oxygen atoms in total. The Balaban J connectivity index is 0.000000200. The van der Waals surface area contributed by atoms with Crippen LogP contribution in [0.5, 0.6) is 5.88 Å². The van der Waals surface area contributed by atoms with Gasteiger partial charge in [0.15, 0.2) is 0 Å². The normalized spacial score (nSPS) is 9.79. The summed E-state index contributed by atoms with van der Waals surface area (Å²) < 4.78 is 5.26. The molecule has 0 atom stereocenters. The number of halogens is 3. The molecule has 19 heavy (non-hydrogen) atoms. The number of nitrogens with zero attached hydrogens (tertiary/aromatic N) is 4. The van der Waals surface area contributed by atoms with Crippen molar-refractivity contribution in [3.05, 3.63) is 40.2 Å². The van der Waals surface area contributed by atoms with Gasteiger partial charge in [-0.15, -0.1) is 0 Å². The first-order valence-corrected chi connectivity index (χ1v) is 6.40. The maximum absolute atomic E-state index is 5.53. The Bertz CT molecular complexity index is 508. The third-order valence-corrected chi connectivity index (χ3v) is 2.12. The Morgan fingerprint density at radius 1 is 0.947 bits per heavy atom. The molecule has 2 aromatic heterocycles. The Morgan fingerprint density at radius 2 is 1.53 bits per heavy atom. The molecule has 0 saturated heterocycles. The molecular formula is C11H11Cl3N4O. The van der Waals surface area contributed by atoms with Crippen LogP contribution in [0.3, 0.4) is 0 Å². The highest BCUT2D eigenvalue weighted by molar-refractivity contribution is 6.31. The van der Waals surface area contributed by atoms with Gasteiger partial charge in [-0.25, -0.2) is 15.0 Å². The molecule has 0 fully saturated rings. The molecule has 2 rings (SSSR count). The summed E-state index contributed by atoms with van der Waals surface area (Å²) in [5.74, 6) is 0.514. The van der Waals surface area contributed by atoms with Crippen LogP contribution in [0.15, 0.2) is 24.5 Å². The van der Waals surface area contributed by atoms with E-state index in [0.717, 1.165) is 0 Å². The summed E-state index contributed by atoms with van der Waals surface area (Å²) in [5, 5.41) is 0.755. The number of ether oxygens (including phenoxy) is 1. The molecule has 0 unspecified atom stereocenters. The third-order valence-electron chi connectivity index (χ3n) is 1.55. The molecule has 2 aromatic rings. The first-order valence-electron chi connectivity index (χ1n) is 5.26. The van der Waals surface area contributed by atoms with E-state index in [0.29, 0.717) is 11.0 Å². The molecule has 0 aromatic carbocycles. The predicted molar refractivity (Wildman–Crippen MR) is 74.9 cm³/mol. The van der Waals surface area contributed by atoms with Crippen molar-refractivity contribution in [2.45, 2.75) is 20.0 Å². The van der Waals surface area contributed by atoms with E-state index in [2.05, 4.69) is 19.9 Å². The molecule has 0 spiro atoms. The Hall–Kier alpha value is -1.17. The minimum absolute atomic E-state index is 0.112. The minimum Gasteiger partial charge on any atom is -0.475 e. The van der Waals surface area contributed by atoms with Crippen LogP contribution in [0.25, 0.3) is 0 Å². The summed E-state index contributed by atoms with van der Waals surface area (Å²) >= 11 is 16.3. The van der Waals surface area contributed by atoms with E-state index in [1.807, 2.05) is 13.8 Å². The average Bonchev–Trinajstić information content (AvgIpc) is 2.28. The highest BCUT2D eigenvalue weighted by Crippen LogP contribution is 2.09. The van der Waals surface area contributed by atoms with Crippen molar-refractivity contribution < 1.29 is 4.74 Å². The van der Waals surface area contributed by atoms with Gasteiger partial charge in [-0.3, -0.25) is 0 Å². The van der Waals surface area contributed by atoms with Gasteiger partial charge >= 0.3 is 0 Å². The third kappa shape index (κ3) is 7.10. The fourth-order valence-corrected chi connectivity index (χ4v) is 1.41. The second-order valence-electron chi connectivity index (χ2n) is 3.48. The number of rotatable bonds is 2. The standard InChI is InChI=1S/C7H9ClN2O.C4H2Cl2N2/c1-5(2)11-6-3-4-9-7(8)10-6;5-3-1-2-7-4(6)8-3/h3-5H,1-2H3;1-2H. The summed E-state index contributed by atoms with van der Waals surface area (Å²) in [4.78, 5) is 14.8. The van der Waals surface area contributed by atoms with Gasteiger partial charge in [0.2, 0.25) is 16.4 Å². The van der Waals surface area contributed by atoms with Gasteiger partial charge in [0, 0.05) is 18.5 Å². The van der Waals surface area contributed by atoms with Gasteiger partial charge in [-0.1, -0.05) is 11.6 Å². The Labute approximate surface area is 125 Å². The predicted octanol–water partition coefficient (Wildman–Crippen LogP) is 3.70. The lowest BCUT2D eigenvalue weighted by molar-refractivity contribution is 0.232. The van der Waals surface area contributed by atoms with Crippen LogP contribution in [0.4, 0.5) is 0 Å². The SMILES string of the molecule is CC(C)Oc1ccnc(Cl)n1.Clc1ccnc(Cl)n1. The Morgan fingerprint density at radius 3 is 1.95 bits per heavy atom. The van der Waals surface area contributed by atoms with Crippen LogP contribution in [-0.2, 0) is 0 Å². The van der Waals surface area contributed by atoms with Gasteiger partial charge in [0.25, 0.3) is 0 Å². The molecule has 0 N–H and O–H groups in total. The Kier molecular flexibility index (Phi) is 6.77. The van der Waals surface area contributed by atoms with Gasteiger partial charge in [-0.05, 0) is 43.1 Å². The molecule has 102 valence electrons. The zero-order valence-electron chi connectivity index (χ0n) is 10.2. The van der Waals surface area contributed by atoms with Gasteiger partial charge in [0.1, 0.15) is 5.15 Å². The molecule has 2 heterocycles. The van der Waals surface area contributed by atoms with Crippen molar-refractivity contribution in [1.29, 1.82) is 0 Å². The number of hydrogen-bond acceptors (Lipinski definition) is 5. The molecule has 0 aliphatic heterocycles. The van der Waals surface area contributed by atoms with Crippen molar-refractivity contribution >= 4 is 34.8 Å². The molecule has 0 aliphatic rings. The topological polar surface area (TPSA) is 60.8 Å². The highest BCUT2D eigenvalue weighted by Gasteiger charge is 1.98. The van der Waals surface area contributed by atoms with Crippen molar-refractivity contribution in [3.63, 3.8) is 0 Å². The first-order chi connectivity index (χ1) is 8.97. The summed E-state index contributed by atoms with van der Waals surface area (Å²) in [6, 6.07) is 3.24. The van der Waals surface area contributed by atoms with Crippen molar-refractivity contribution in [2.75, 3.05) is 0 Å². The fourth-order valence-electron chi connectivity index (χ4n) is 0.941. The molecule has 0 aliphatic carbocycles. The summed E-state index contributed by atoms with van der Waals surface area (Å²) in [6.07, 6.45) is 3.17. The molecule has 8 heteroatoms. The van der Waals surface area contributed by atoms with E-state index in [9.17, 15) is 0 Å². The zero-order chi connectivity index (χ0) is 14.3. The summed E-state index contributed by atoms with van der Waals surface area (Å²) in [6.45, 7) is 3.85. The van der Waals surface area contributed by atoms with Crippen LogP contribution in [-0.4, -0.2) is 26.0 Å². The van der Waals surface area contributed by atoms with Crippen LogP contribution in [0.1, 0.15) is 13.8 Å². The number of hydrogen-bond donors (Lipinski definition) is 0. The second kappa shape index (κ2) is 8.09. The van der Waals surface area contributed by atoms with E-state index in [-0.39, 0.29) is 16.7 Å². The molecule has 0 amide bonds. The zero-order valence-corrected chi connectivity index (χ0v) is 12.5. The van der Waals surface area contributed by atoms with Crippen LogP contribution >= 0.6 is 34.8 Å². The molecule has 0 bridgehead atoms. The van der Waals surface area contributed by atoms with E-state index in [1.165, 1.54) is 6.20 Å². The fraction of sp³-hybridized carbons (Fsp3) is 0.273. The smallest absolute Gasteiger partial charge is 0.225 e. The maximum atomic E-state index is 5.53. The lowest BCUT2D eigenvalue weighted by Gasteiger charge is -2.06. The molecule has 0 radical (unpaired) electrons. The van der Waals surface area contributed by atoms with E-state index < -0.39 is 0 Å². The van der Waals surface area contributed by atoms with Crippen molar-refractivity contribution in [2.24, 2.45) is 0 Å². The summed E-state index contributed by atoms with van der Waals surface area (Å²) in [5.41, 5.74) is 0. The van der Waals surface area contributed by atoms with Crippen LogP contribution in [0, 0.1) is 0 Å². The van der Waals surface area contributed by atoms with Gasteiger partial charge < -0.3 is 4.74 Å². The lowest BCUT2D eigenvalue weighted by atomic mass is 10.5. The second-order valence-corrected chi connectivity index (χ2v) is 4.54. The first kappa shape index (κ1) is 15.9. The van der Waals surface area contributed by atoms with E-state index >= 15 is 0 Å². The average molecular weight is 322 g/mol. The largest absolute Gasteiger partial charge is 0.475 e. The van der Waals surface area contributed by atoms with E-state index in [4.69, 9.17) is 39.5 Å². The molecule has 0 saturated carbocycles. The van der Waals surface area contributed by atoms with Crippen LogP contribution < -0.4 is 4.74 Å². The van der Waals surface area contributed by atoms with Crippen molar-refractivity contribution in [1.82, 2.24) is 19.9 Å². The summed E-state index contributed by atoms with van der Waals surface area (Å²) in [7, 11) is 0. The number of aromatic nitrogens is 4. The van der Waals surface area contributed by atoms with Gasteiger partial charge in [-0.2, -0.15) is 4.98 Å².